The molecule has 25 heavy (non-hydrogen) atoms. The molecule has 1 N–H and O–H groups in total. The van der Waals surface area contributed by atoms with Crippen LogP contribution in [0.1, 0.15) is 24.4 Å². The molecule has 0 saturated heterocycles. The minimum Gasteiger partial charge on any atom is -0.454 e. The van der Waals surface area contributed by atoms with Crippen LogP contribution in [0.15, 0.2) is 48.7 Å². The lowest BCUT2D eigenvalue weighted by Crippen LogP contribution is -2.26. The van der Waals surface area contributed by atoms with Crippen molar-refractivity contribution >= 4 is 17.6 Å². The van der Waals surface area contributed by atoms with E-state index < -0.39 is 0 Å². The molecule has 126 valence electrons. The number of ether oxygens (including phenoxy) is 2. The van der Waals surface area contributed by atoms with Gasteiger partial charge in [0.2, 0.25) is 12.7 Å². The van der Waals surface area contributed by atoms with Crippen LogP contribution in [0, 0.1) is 0 Å². The summed E-state index contributed by atoms with van der Waals surface area (Å²) in [5, 5.41) is 11.1. The van der Waals surface area contributed by atoms with Crippen molar-refractivity contribution in [3.63, 3.8) is 0 Å². The van der Waals surface area contributed by atoms with Crippen LogP contribution < -0.4 is 14.8 Å². The maximum absolute atomic E-state index is 12.2. The van der Waals surface area contributed by atoms with E-state index in [9.17, 15) is 4.79 Å². The second-order valence-corrected chi connectivity index (χ2v) is 5.66. The topological polar surface area (TPSA) is 77.8 Å². The number of benzene rings is 1. The lowest BCUT2D eigenvalue weighted by molar-refractivity contribution is -0.117. The molecule has 1 aromatic carbocycles. The fourth-order valence-corrected chi connectivity index (χ4v) is 2.67. The molecule has 1 amide bonds. The zero-order valence-corrected chi connectivity index (χ0v) is 13.5. The molecule has 2 aromatic heterocycles. The van der Waals surface area contributed by atoms with Crippen LogP contribution in [0.2, 0.25) is 0 Å². The Labute approximate surface area is 143 Å². The Morgan fingerprint density at radius 2 is 2.12 bits per heavy atom. The average Bonchev–Trinajstić information content (AvgIpc) is 3.26. The summed E-state index contributed by atoms with van der Waals surface area (Å²) in [6.45, 7) is 2.10. The summed E-state index contributed by atoms with van der Waals surface area (Å²) in [6, 6.07) is 10.9. The summed E-state index contributed by atoms with van der Waals surface area (Å²) >= 11 is 0. The summed E-state index contributed by atoms with van der Waals surface area (Å²) < 4.78 is 12.4. The highest BCUT2D eigenvalue weighted by molar-refractivity contribution is 5.92. The fraction of sp³-hybridized carbons (Fsp3) is 0.167. The molecule has 1 aliphatic heterocycles. The summed E-state index contributed by atoms with van der Waals surface area (Å²) in [6.07, 6.45) is 5.08. The molecule has 4 rings (SSSR count). The van der Waals surface area contributed by atoms with E-state index in [-0.39, 0.29) is 18.7 Å². The van der Waals surface area contributed by atoms with E-state index in [0.717, 1.165) is 11.2 Å². The van der Waals surface area contributed by atoms with Gasteiger partial charge >= 0.3 is 0 Å². The molecule has 3 aromatic rings. The normalized spacial score (nSPS) is 14.1. The Balaban J connectivity index is 1.45. The molecule has 0 spiro atoms. The standard InChI is InChI=1S/C18H16N4O3/c1-12(18-21-20-16-4-2-3-9-22(16)18)19-17(23)8-6-13-5-7-14-15(10-13)25-11-24-14/h2-10,12H,11H2,1H3,(H,19,23)/b8-6+. The largest absolute Gasteiger partial charge is 0.454 e. The quantitative estimate of drug-likeness (QED) is 0.740. The van der Waals surface area contributed by atoms with Crippen molar-refractivity contribution in [3.05, 3.63) is 60.1 Å². The number of hydrogen-bond acceptors (Lipinski definition) is 5. The first-order valence-corrected chi connectivity index (χ1v) is 7.88. The van der Waals surface area contributed by atoms with Crippen LogP contribution in [0.3, 0.4) is 0 Å². The lowest BCUT2D eigenvalue weighted by atomic mass is 10.2. The van der Waals surface area contributed by atoms with Crippen molar-refractivity contribution in [2.45, 2.75) is 13.0 Å². The molecule has 0 radical (unpaired) electrons. The third-order valence-corrected chi connectivity index (χ3v) is 3.91. The first kappa shape index (κ1) is 15.2. The monoisotopic (exact) mass is 336 g/mol. The smallest absolute Gasteiger partial charge is 0.244 e. The maximum atomic E-state index is 12.2. The number of hydrogen-bond donors (Lipinski definition) is 1. The first-order chi connectivity index (χ1) is 12.2. The minimum absolute atomic E-state index is 0.210. The lowest BCUT2D eigenvalue weighted by Gasteiger charge is -2.10. The molecular formula is C18H16N4O3. The summed E-state index contributed by atoms with van der Waals surface area (Å²) in [5.74, 6) is 1.87. The van der Waals surface area contributed by atoms with Crippen LogP contribution in [0.5, 0.6) is 11.5 Å². The van der Waals surface area contributed by atoms with Gasteiger partial charge in [0, 0.05) is 12.3 Å². The molecule has 0 fully saturated rings. The zero-order valence-electron chi connectivity index (χ0n) is 13.5. The number of pyridine rings is 1. The van der Waals surface area contributed by atoms with Gasteiger partial charge in [0.25, 0.3) is 0 Å². The highest BCUT2D eigenvalue weighted by atomic mass is 16.7. The van der Waals surface area contributed by atoms with Crippen molar-refractivity contribution in [1.29, 1.82) is 0 Å². The van der Waals surface area contributed by atoms with Crippen molar-refractivity contribution in [2.24, 2.45) is 0 Å². The van der Waals surface area contributed by atoms with E-state index in [1.807, 2.05) is 53.9 Å². The van der Waals surface area contributed by atoms with Crippen LogP contribution in [0.25, 0.3) is 11.7 Å². The molecule has 3 heterocycles. The van der Waals surface area contributed by atoms with E-state index in [0.29, 0.717) is 17.3 Å². The minimum atomic E-state index is -0.272. The van der Waals surface area contributed by atoms with Gasteiger partial charge in [0.05, 0.1) is 6.04 Å². The molecule has 1 aliphatic rings. The summed E-state index contributed by atoms with van der Waals surface area (Å²) in [5.41, 5.74) is 1.61. The average molecular weight is 336 g/mol. The van der Waals surface area contributed by atoms with Crippen LogP contribution in [0.4, 0.5) is 0 Å². The van der Waals surface area contributed by atoms with Gasteiger partial charge in [-0.2, -0.15) is 0 Å². The Morgan fingerprint density at radius 3 is 3.04 bits per heavy atom. The molecule has 7 heteroatoms. The summed E-state index contributed by atoms with van der Waals surface area (Å²) in [7, 11) is 0. The van der Waals surface area contributed by atoms with Crippen molar-refractivity contribution in [2.75, 3.05) is 6.79 Å². The van der Waals surface area contributed by atoms with Gasteiger partial charge in [-0.3, -0.25) is 9.20 Å². The van der Waals surface area contributed by atoms with E-state index >= 15 is 0 Å². The van der Waals surface area contributed by atoms with E-state index in [1.165, 1.54) is 6.08 Å². The van der Waals surface area contributed by atoms with Crippen LogP contribution in [-0.4, -0.2) is 27.3 Å². The molecule has 1 atom stereocenters. The van der Waals surface area contributed by atoms with E-state index in [1.54, 1.807) is 6.08 Å². The zero-order chi connectivity index (χ0) is 17.2. The van der Waals surface area contributed by atoms with Gasteiger partial charge in [0.1, 0.15) is 0 Å². The van der Waals surface area contributed by atoms with Crippen molar-refractivity contribution in [1.82, 2.24) is 19.9 Å². The van der Waals surface area contributed by atoms with Crippen LogP contribution in [-0.2, 0) is 4.79 Å². The summed E-state index contributed by atoms with van der Waals surface area (Å²) in [4.78, 5) is 12.2. The second-order valence-electron chi connectivity index (χ2n) is 5.66. The van der Waals surface area contributed by atoms with Crippen molar-refractivity contribution < 1.29 is 14.3 Å². The van der Waals surface area contributed by atoms with Crippen LogP contribution >= 0.6 is 0 Å². The van der Waals surface area contributed by atoms with E-state index in [2.05, 4.69) is 15.5 Å². The van der Waals surface area contributed by atoms with Gasteiger partial charge in [-0.05, 0) is 42.8 Å². The van der Waals surface area contributed by atoms with Gasteiger partial charge in [-0.1, -0.05) is 12.1 Å². The van der Waals surface area contributed by atoms with Gasteiger partial charge < -0.3 is 14.8 Å². The van der Waals surface area contributed by atoms with Gasteiger partial charge in [0.15, 0.2) is 23.0 Å². The number of nitrogens with one attached hydrogen (secondary N) is 1. The number of amides is 1. The number of aromatic nitrogens is 3. The number of nitrogens with zero attached hydrogens (tertiary/aromatic N) is 3. The predicted octanol–water partition coefficient (Wildman–Crippen LogP) is 2.35. The molecule has 0 bridgehead atoms. The predicted molar refractivity (Wildman–Crippen MR) is 91.1 cm³/mol. The number of rotatable bonds is 4. The maximum Gasteiger partial charge on any atom is 0.244 e. The number of carbonyl (C=O) groups is 1. The molecular weight excluding hydrogens is 320 g/mol. The Morgan fingerprint density at radius 1 is 1.24 bits per heavy atom. The Hall–Kier alpha value is -3.35. The van der Waals surface area contributed by atoms with Gasteiger partial charge in [-0.15, -0.1) is 10.2 Å². The molecule has 1 unspecified atom stereocenters. The fourth-order valence-electron chi connectivity index (χ4n) is 2.67. The third kappa shape index (κ3) is 3.03. The highest BCUT2D eigenvalue weighted by Gasteiger charge is 2.15. The second kappa shape index (κ2) is 6.27. The van der Waals surface area contributed by atoms with Crippen molar-refractivity contribution in [3.8, 4) is 11.5 Å². The van der Waals surface area contributed by atoms with E-state index in [4.69, 9.17) is 9.47 Å². The SMILES string of the molecule is CC(NC(=O)/C=C/c1ccc2c(c1)OCO2)c1nnc2ccccn12. The number of fused-ring (bicyclic) bond motifs is 2. The first-order valence-electron chi connectivity index (χ1n) is 7.88. The molecule has 0 saturated carbocycles. The highest BCUT2D eigenvalue weighted by Crippen LogP contribution is 2.32. The molecule has 0 aliphatic carbocycles. The Kier molecular flexibility index (Phi) is 3.81. The van der Waals surface area contributed by atoms with Gasteiger partial charge in [-0.25, -0.2) is 0 Å². The molecule has 7 nitrogen and oxygen atoms in total. The third-order valence-electron chi connectivity index (χ3n) is 3.91. The Bertz CT molecular complexity index is 964. The number of carbonyl (C=O) groups excluding carboxylic acids is 1.